The highest BCUT2D eigenvalue weighted by molar-refractivity contribution is 5.97. The first kappa shape index (κ1) is 23.9. The molecule has 166 valence electrons. The largest absolute Gasteiger partial charge is 0.376 e. The third kappa shape index (κ3) is 8.12. The standard InChI is InChI=1S/C24H32N4O3/c1-6-16(2)26-22(30)17-9-13-20(14-10-17)27-21(29)15-25-19-11-7-18(8-12-19)23(31)28-24(3,4)5/h7-14,16,25H,6,15H2,1-5H3,(H,26,30)(H,27,29)(H,28,31). The molecule has 2 rings (SSSR count). The predicted molar refractivity (Wildman–Crippen MR) is 124 cm³/mol. The van der Waals surface area contributed by atoms with Gasteiger partial charge in [0, 0.05) is 34.1 Å². The highest BCUT2D eigenvalue weighted by Crippen LogP contribution is 2.12. The summed E-state index contributed by atoms with van der Waals surface area (Å²) in [6.07, 6.45) is 0.861. The second kappa shape index (κ2) is 10.6. The molecule has 0 fully saturated rings. The topological polar surface area (TPSA) is 99.3 Å². The SMILES string of the molecule is CCC(C)NC(=O)c1ccc(NC(=O)CNc2ccc(C(=O)NC(C)(C)C)cc2)cc1. The third-order valence-corrected chi connectivity index (χ3v) is 4.51. The van der Waals surface area contributed by atoms with E-state index in [0.29, 0.717) is 16.8 Å². The van der Waals surface area contributed by atoms with E-state index in [1.807, 2.05) is 34.6 Å². The molecule has 2 aromatic rings. The number of anilines is 2. The van der Waals surface area contributed by atoms with Crippen molar-refractivity contribution in [1.29, 1.82) is 0 Å². The van der Waals surface area contributed by atoms with Crippen LogP contribution < -0.4 is 21.3 Å². The van der Waals surface area contributed by atoms with Gasteiger partial charge in [-0.1, -0.05) is 6.92 Å². The molecule has 0 bridgehead atoms. The maximum Gasteiger partial charge on any atom is 0.251 e. The van der Waals surface area contributed by atoms with Crippen LogP contribution in [0.4, 0.5) is 11.4 Å². The van der Waals surface area contributed by atoms with Gasteiger partial charge in [-0.2, -0.15) is 0 Å². The average Bonchev–Trinajstić information content (AvgIpc) is 2.71. The first-order valence-electron chi connectivity index (χ1n) is 10.4. The van der Waals surface area contributed by atoms with Gasteiger partial charge in [-0.05, 0) is 82.6 Å². The van der Waals surface area contributed by atoms with Gasteiger partial charge < -0.3 is 21.3 Å². The Labute approximate surface area is 184 Å². The van der Waals surface area contributed by atoms with Crippen LogP contribution in [0.15, 0.2) is 48.5 Å². The van der Waals surface area contributed by atoms with E-state index in [9.17, 15) is 14.4 Å². The average molecular weight is 425 g/mol. The molecule has 7 heteroatoms. The minimum Gasteiger partial charge on any atom is -0.376 e. The molecule has 7 nitrogen and oxygen atoms in total. The summed E-state index contributed by atoms with van der Waals surface area (Å²) in [5.41, 5.74) is 2.15. The summed E-state index contributed by atoms with van der Waals surface area (Å²) >= 11 is 0. The Morgan fingerprint density at radius 1 is 0.839 bits per heavy atom. The highest BCUT2D eigenvalue weighted by atomic mass is 16.2. The van der Waals surface area contributed by atoms with Crippen molar-refractivity contribution in [2.75, 3.05) is 17.2 Å². The smallest absolute Gasteiger partial charge is 0.251 e. The Bertz CT molecular complexity index is 900. The molecule has 2 aromatic carbocycles. The van der Waals surface area contributed by atoms with E-state index in [-0.39, 0.29) is 35.8 Å². The minimum atomic E-state index is -0.304. The number of rotatable bonds is 8. The summed E-state index contributed by atoms with van der Waals surface area (Å²) in [5.74, 6) is -0.488. The van der Waals surface area contributed by atoms with Crippen LogP contribution in [0, 0.1) is 0 Å². The number of hydrogen-bond acceptors (Lipinski definition) is 4. The van der Waals surface area contributed by atoms with Gasteiger partial charge in [0.15, 0.2) is 0 Å². The van der Waals surface area contributed by atoms with Crippen LogP contribution >= 0.6 is 0 Å². The van der Waals surface area contributed by atoms with E-state index >= 15 is 0 Å². The normalized spacial score (nSPS) is 11.9. The number of amides is 3. The predicted octanol–water partition coefficient (Wildman–Crippen LogP) is 3.79. The molecule has 0 saturated heterocycles. The molecule has 0 aliphatic rings. The third-order valence-electron chi connectivity index (χ3n) is 4.51. The van der Waals surface area contributed by atoms with Gasteiger partial charge in [-0.3, -0.25) is 14.4 Å². The molecule has 0 aromatic heterocycles. The summed E-state index contributed by atoms with van der Waals surface area (Å²) in [5, 5.41) is 11.6. The molecule has 0 heterocycles. The van der Waals surface area contributed by atoms with Crippen molar-refractivity contribution < 1.29 is 14.4 Å². The summed E-state index contributed by atoms with van der Waals surface area (Å²) in [4.78, 5) is 36.5. The number of benzene rings is 2. The van der Waals surface area contributed by atoms with Crippen LogP contribution in [-0.4, -0.2) is 35.8 Å². The summed E-state index contributed by atoms with van der Waals surface area (Å²) in [7, 11) is 0. The lowest BCUT2D eigenvalue weighted by Crippen LogP contribution is -2.40. The first-order chi connectivity index (χ1) is 14.6. The van der Waals surface area contributed by atoms with Gasteiger partial charge in [0.25, 0.3) is 11.8 Å². The second-order valence-electron chi connectivity index (χ2n) is 8.54. The Balaban J connectivity index is 1.84. The van der Waals surface area contributed by atoms with Crippen LogP contribution in [0.3, 0.4) is 0 Å². The number of hydrogen-bond donors (Lipinski definition) is 4. The molecule has 0 spiro atoms. The van der Waals surface area contributed by atoms with Crippen molar-refractivity contribution >= 4 is 29.1 Å². The minimum absolute atomic E-state index is 0.0732. The van der Waals surface area contributed by atoms with Crippen LogP contribution in [0.5, 0.6) is 0 Å². The molecule has 31 heavy (non-hydrogen) atoms. The monoisotopic (exact) mass is 424 g/mol. The van der Waals surface area contributed by atoms with E-state index in [0.717, 1.165) is 12.1 Å². The number of carbonyl (C=O) groups is 3. The Morgan fingerprint density at radius 2 is 1.35 bits per heavy atom. The van der Waals surface area contributed by atoms with Crippen molar-refractivity contribution in [2.45, 2.75) is 52.6 Å². The van der Waals surface area contributed by atoms with Gasteiger partial charge in [0.2, 0.25) is 5.91 Å². The lowest BCUT2D eigenvalue weighted by atomic mass is 10.1. The lowest BCUT2D eigenvalue weighted by Gasteiger charge is -2.20. The summed E-state index contributed by atoms with van der Waals surface area (Å²) in [6.45, 7) is 9.81. The summed E-state index contributed by atoms with van der Waals surface area (Å²) < 4.78 is 0. The highest BCUT2D eigenvalue weighted by Gasteiger charge is 2.15. The van der Waals surface area contributed by atoms with E-state index in [1.54, 1.807) is 48.5 Å². The zero-order valence-corrected chi connectivity index (χ0v) is 18.8. The van der Waals surface area contributed by atoms with E-state index in [4.69, 9.17) is 0 Å². The van der Waals surface area contributed by atoms with Gasteiger partial charge in [-0.25, -0.2) is 0 Å². The Morgan fingerprint density at radius 3 is 1.87 bits per heavy atom. The van der Waals surface area contributed by atoms with E-state index in [1.165, 1.54) is 0 Å². The van der Waals surface area contributed by atoms with Crippen LogP contribution in [0.1, 0.15) is 61.8 Å². The molecule has 0 radical (unpaired) electrons. The Kier molecular flexibility index (Phi) is 8.19. The fourth-order valence-electron chi connectivity index (χ4n) is 2.65. The molecule has 1 unspecified atom stereocenters. The van der Waals surface area contributed by atoms with Gasteiger partial charge in [0.05, 0.1) is 6.54 Å². The van der Waals surface area contributed by atoms with Crippen LogP contribution in [-0.2, 0) is 4.79 Å². The molecule has 0 aliphatic carbocycles. The molecular formula is C24H32N4O3. The number of nitrogens with one attached hydrogen (secondary N) is 4. The fourth-order valence-corrected chi connectivity index (χ4v) is 2.65. The van der Waals surface area contributed by atoms with Gasteiger partial charge >= 0.3 is 0 Å². The molecule has 3 amide bonds. The van der Waals surface area contributed by atoms with Crippen molar-refractivity contribution in [3.8, 4) is 0 Å². The molecule has 4 N–H and O–H groups in total. The van der Waals surface area contributed by atoms with Crippen molar-refractivity contribution in [2.24, 2.45) is 0 Å². The van der Waals surface area contributed by atoms with Gasteiger partial charge in [0.1, 0.15) is 0 Å². The van der Waals surface area contributed by atoms with Crippen LogP contribution in [0.25, 0.3) is 0 Å². The lowest BCUT2D eigenvalue weighted by molar-refractivity contribution is -0.114. The second-order valence-corrected chi connectivity index (χ2v) is 8.54. The summed E-state index contributed by atoms with van der Waals surface area (Å²) in [6, 6.07) is 13.8. The molecule has 0 saturated carbocycles. The van der Waals surface area contributed by atoms with Crippen molar-refractivity contribution in [3.05, 3.63) is 59.7 Å². The Hall–Kier alpha value is -3.35. The molecular weight excluding hydrogens is 392 g/mol. The molecule has 0 aliphatic heterocycles. The van der Waals surface area contributed by atoms with Crippen molar-refractivity contribution in [1.82, 2.24) is 10.6 Å². The fraction of sp³-hybridized carbons (Fsp3) is 0.375. The quantitative estimate of drug-likeness (QED) is 0.518. The van der Waals surface area contributed by atoms with Crippen LogP contribution in [0.2, 0.25) is 0 Å². The van der Waals surface area contributed by atoms with Crippen molar-refractivity contribution in [3.63, 3.8) is 0 Å². The van der Waals surface area contributed by atoms with E-state index < -0.39 is 0 Å². The molecule has 1 atom stereocenters. The zero-order chi connectivity index (χ0) is 23.0. The maximum atomic E-state index is 12.2. The van der Waals surface area contributed by atoms with Gasteiger partial charge in [-0.15, -0.1) is 0 Å². The van der Waals surface area contributed by atoms with E-state index in [2.05, 4.69) is 21.3 Å². The first-order valence-corrected chi connectivity index (χ1v) is 10.4. The zero-order valence-electron chi connectivity index (χ0n) is 18.8. The number of carbonyl (C=O) groups excluding carboxylic acids is 3. The maximum absolute atomic E-state index is 12.2.